The van der Waals surface area contributed by atoms with E-state index in [1.54, 1.807) is 0 Å². The van der Waals surface area contributed by atoms with Gasteiger partial charge < -0.3 is 15.0 Å². The van der Waals surface area contributed by atoms with Gasteiger partial charge in [0.2, 0.25) is 0 Å². The van der Waals surface area contributed by atoms with Gasteiger partial charge in [-0.25, -0.2) is 4.79 Å². The molecule has 0 saturated heterocycles. The van der Waals surface area contributed by atoms with Crippen LogP contribution < -0.4 is 5.32 Å². The van der Waals surface area contributed by atoms with Gasteiger partial charge >= 0.3 is 6.09 Å². The molecule has 1 aliphatic rings. The van der Waals surface area contributed by atoms with Gasteiger partial charge in [-0.2, -0.15) is 0 Å². The van der Waals surface area contributed by atoms with Crippen molar-refractivity contribution in [2.75, 3.05) is 12.5 Å². The van der Waals surface area contributed by atoms with Crippen LogP contribution in [0.3, 0.4) is 0 Å². The van der Waals surface area contributed by atoms with Gasteiger partial charge in [-0.15, -0.1) is 11.6 Å². The average molecular weight is 279 g/mol. The molecule has 0 spiro atoms. The molecular formula is C14H15ClN2O2. The minimum Gasteiger partial charge on any atom is -0.448 e. The summed E-state index contributed by atoms with van der Waals surface area (Å²) in [5.74, 6) is 0.321. The summed E-state index contributed by atoms with van der Waals surface area (Å²) < 4.78 is 4.92. The minimum absolute atomic E-state index is 0.105. The number of hydrogen-bond donors (Lipinski definition) is 2. The second-order valence-electron chi connectivity index (χ2n) is 4.70. The summed E-state index contributed by atoms with van der Waals surface area (Å²) in [4.78, 5) is 14.9. The number of rotatable bonds is 3. The predicted molar refractivity (Wildman–Crippen MR) is 74.7 cm³/mol. The molecule has 0 aliphatic heterocycles. The number of aromatic amines is 1. The van der Waals surface area contributed by atoms with Crippen molar-refractivity contribution in [3.63, 3.8) is 0 Å². The zero-order valence-corrected chi connectivity index (χ0v) is 11.2. The van der Waals surface area contributed by atoms with Crippen LogP contribution in [0.25, 0.3) is 10.9 Å². The molecule has 0 bridgehead atoms. The maximum atomic E-state index is 11.5. The molecule has 1 atom stereocenters. The van der Waals surface area contributed by atoms with Crippen LogP contribution >= 0.6 is 11.6 Å². The molecule has 1 amide bonds. The van der Waals surface area contributed by atoms with Crippen LogP contribution in [0.5, 0.6) is 0 Å². The molecule has 1 aromatic heterocycles. The molecule has 3 rings (SSSR count). The second kappa shape index (κ2) is 5.13. The van der Waals surface area contributed by atoms with Crippen molar-refractivity contribution >= 4 is 28.6 Å². The summed E-state index contributed by atoms with van der Waals surface area (Å²) in [5, 5.41) is 4.12. The van der Waals surface area contributed by atoms with Crippen LogP contribution in [0, 0.1) is 0 Å². The Kier molecular flexibility index (Phi) is 3.34. The Hall–Kier alpha value is -1.68. The lowest BCUT2D eigenvalue weighted by molar-refractivity contribution is 0.149. The molecular weight excluding hydrogens is 264 g/mol. The van der Waals surface area contributed by atoms with Crippen molar-refractivity contribution in [2.24, 2.45) is 0 Å². The number of alkyl carbamates (subject to hydrolysis) is 1. The van der Waals surface area contributed by atoms with Gasteiger partial charge in [-0.05, 0) is 18.1 Å². The van der Waals surface area contributed by atoms with Gasteiger partial charge in [0.15, 0.2) is 0 Å². The first-order valence-electron chi connectivity index (χ1n) is 6.35. The van der Waals surface area contributed by atoms with Gasteiger partial charge in [-0.1, -0.05) is 18.2 Å². The average Bonchev–Trinajstić information content (AvgIpc) is 2.93. The number of H-pyrrole nitrogens is 1. The van der Waals surface area contributed by atoms with Crippen LogP contribution in [0.2, 0.25) is 0 Å². The predicted octanol–water partition coefficient (Wildman–Crippen LogP) is 2.60. The number of carbonyl (C=O) groups excluding carboxylic acids is 1. The van der Waals surface area contributed by atoms with E-state index < -0.39 is 0 Å². The Morgan fingerprint density at radius 2 is 2.26 bits per heavy atom. The number of fused-ring (bicyclic) bond motifs is 3. The van der Waals surface area contributed by atoms with E-state index in [-0.39, 0.29) is 18.7 Å². The molecule has 5 heteroatoms. The summed E-state index contributed by atoms with van der Waals surface area (Å²) in [7, 11) is 0. The zero-order chi connectivity index (χ0) is 13.2. The fraction of sp³-hybridized carbons (Fsp3) is 0.357. The van der Waals surface area contributed by atoms with Gasteiger partial charge in [0, 0.05) is 29.1 Å². The summed E-state index contributed by atoms with van der Waals surface area (Å²) in [6, 6.07) is 8.34. The summed E-state index contributed by atoms with van der Waals surface area (Å²) in [5.41, 5.74) is 3.68. The van der Waals surface area contributed by atoms with E-state index >= 15 is 0 Å². The Labute approximate surface area is 116 Å². The number of para-hydroxylation sites is 1. The van der Waals surface area contributed by atoms with Crippen molar-refractivity contribution in [2.45, 2.75) is 18.9 Å². The Bertz CT molecular complexity index is 609. The fourth-order valence-electron chi connectivity index (χ4n) is 2.67. The molecule has 0 radical (unpaired) electrons. The maximum absolute atomic E-state index is 11.5. The van der Waals surface area contributed by atoms with E-state index in [1.807, 2.05) is 12.1 Å². The molecule has 0 saturated carbocycles. The molecule has 0 fully saturated rings. The number of benzene rings is 1. The normalized spacial score (nSPS) is 17.4. The fourth-order valence-corrected chi connectivity index (χ4v) is 2.75. The maximum Gasteiger partial charge on any atom is 0.407 e. The Balaban J connectivity index is 1.69. The molecule has 2 aromatic rings. The highest BCUT2D eigenvalue weighted by Gasteiger charge is 2.26. The van der Waals surface area contributed by atoms with E-state index in [0.29, 0.717) is 5.88 Å². The van der Waals surface area contributed by atoms with Crippen LogP contribution in [0.1, 0.15) is 11.3 Å². The van der Waals surface area contributed by atoms with Crippen LogP contribution in [-0.2, 0) is 17.6 Å². The highest BCUT2D eigenvalue weighted by molar-refractivity contribution is 6.18. The van der Waals surface area contributed by atoms with Crippen molar-refractivity contribution in [3.05, 3.63) is 35.5 Å². The highest BCUT2D eigenvalue weighted by atomic mass is 35.5. The lowest BCUT2D eigenvalue weighted by atomic mass is 10.1. The van der Waals surface area contributed by atoms with E-state index in [4.69, 9.17) is 16.3 Å². The van der Waals surface area contributed by atoms with Crippen molar-refractivity contribution in [1.29, 1.82) is 0 Å². The van der Waals surface area contributed by atoms with Crippen LogP contribution in [0.4, 0.5) is 4.79 Å². The van der Waals surface area contributed by atoms with Crippen LogP contribution in [0.15, 0.2) is 24.3 Å². The first-order valence-corrected chi connectivity index (χ1v) is 6.89. The second-order valence-corrected chi connectivity index (χ2v) is 5.08. The van der Waals surface area contributed by atoms with E-state index in [0.717, 1.165) is 18.4 Å². The van der Waals surface area contributed by atoms with Gasteiger partial charge in [0.1, 0.15) is 6.61 Å². The smallest absolute Gasteiger partial charge is 0.407 e. The van der Waals surface area contributed by atoms with Crippen molar-refractivity contribution < 1.29 is 9.53 Å². The topological polar surface area (TPSA) is 54.1 Å². The minimum atomic E-state index is -0.389. The first-order chi connectivity index (χ1) is 9.28. The van der Waals surface area contributed by atoms with Gasteiger partial charge in [0.05, 0.1) is 5.88 Å². The Morgan fingerprint density at radius 3 is 3.11 bits per heavy atom. The highest BCUT2D eigenvalue weighted by Crippen LogP contribution is 2.29. The van der Waals surface area contributed by atoms with E-state index in [1.165, 1.54) is 16.6 Å². The third-order valence-corrected chi connectivity index (χ3v) is 3.59. The number of aromatic nitrogens is 1. The zero-order valence-electron chi connectivity index (χ0n) is 10.4. The molecule has 19 heavy (non-hydrogen) atoms. The van der Waals surface area contributed by atoms with Crippen LogP contribution in [-0.4, -0.2) is 29.6 Å². The summed E-state index contributed by atoms with van der Waals surface area (Å²) in [6.45, 7) is 0.244. The molecule has 4 nitrogen and oxygen atoms in total. The first kappa shape index (κ1) is 12.4. The number of amides is 1. The SMILES string of the molecule is O=C(NC1Cc2[nH]c3ccccc3c2C1)OCCCl. The molecule has 1 heterocycles. The molecule has 1 unspecified atom stereocenters. The van der Waals surface area contributed by atoms with E-state index in [2.05, 4.69) is 22.4 Å². The molecule has 2 N–H and O–H groups in total. The Morgan fingerprint density at radius 1 is 1.42 bits per heavy atom. The molecule has 1 aromatic carbocycles. The monoisotopic (exact) mass is 278 g/mol. The van der Waals surface area contributed by atoms with Gasteiger partial charge in [0.25, 0.3) is 0 Å². The third kappa shape index (κ3) is 2.40. The molecule has 100 valence electrons. The van der Waals surface area contributed by atoms with Gasteiger partial charge in [-0.3, -0.25) is 0 Å². The number of hydrogen-bond acceptors (Lipinski definition) is 2. The lowest BCUT2D eigenvalue weighted by Crippen LogP contribution is -2.36. The molecule has 1 aliphatic carbocycles. The van der Waals surface area contributed by atoms with Crippen molar-refractivity contribution in [1.82, 2.24) is 10.3 Å². The van der Waals surface area contributed by atoms with E-state index in [9.17, 15) is 4.79 Å². The number of carbonyl (C=O) groups is 1. The summed E-state index contributed by atoms with van der Waals surface area (Å²) >= 11 is 5.47. The lowest BCUT2D eigenvalue weighted by Gasteiger charge is -2.12. The number of alkyl halides is 1. The summed E-state index contributed by atoms with van der Waals surface area (Å²) in [6.07, 6.45) is 1.27. The number of nitrogens with one attached hydrogen (secondary N) is 2. The quantitative estimate of drug-likeness (QED) is 0.848. The largest absolute Gasteiger partial charge is 0.448 e. The number of halogens is 1. The number of ether oxygens (including phenoxy) is 1. The third-order valence-electron chi connectivity index (χ3n) is 3.44. The van der Waals surface area contributed by atoms with Crippen molar-refractivity contribution in [3.8, 4) is 0 Å². The standard InChI is InChI=1S/C14H15ClN2O2/c15-5-6-19-14(18)16-9-7-11-10-3-1-2-4-12(10)17-13(11)8-9/h1-4,9,17H,5-8H2,(H,16,18).